The van der Waals surface area contributed by atoms with Crippen molar-refractivity contribution in [3.8, 4) is 0 Å². The summed E-state index contributed by atoms with van der Waals surface area (Å²) in [6, 6.07) is 2.21. The van der Waals surface area contributed by atoms with Crippen LogP contribution in [0, 0.1) is 5.92 Å². The molecule has 0 unspecified atom stereocenters. The van der Waals surface area contributed by atoms with Crippen LogP contribution in [0.15, 0.2) is 16.8 Å². The molecular weight excluding hydrogens is 274 g/mol. The first-order valence-corrected chi connectivity index (χ1v) is 7.89. The topological polar surface area (TPSA) is 53.6 Å². The summed E-state index contributed by atoms with van der Waals surface area (Å²) in [4.78, 5) is 13.9. The SMILES string of the molecule is CN(C)[C@@H](CNC(=O)NC[C@@H]1CCOC1)c1ccsc1. The number of urea groups is 1. The molecule has 2 atom stereocenters. The van der Waals surface area contributed by atoms with Crippen LogP contribution < -0.4 is 10.6 Å². The summed E-state index contributed by atoms with van der Waals surface area (Å²) in [5, 5.41) is 10.1. The predicted octanol–water partition coefficient (Wildman–Crippen LogP) is 1.69. The molecule has 0 saturated carbocycles. The van der Waals surface area contributed by atoms with Crippen LogP contribution >= 0.6 is 11.3 Å². The number of carbonyl (C=O) groups excluding carboxylic acids is 1. The number of nitrogens with one attached hydrogen (secondary N) is 2. The number of amides is 2. The van der Waals surface area contributed by atoms with E-state index in [9.17, 15) is 4.79 Å². The molecule has 0 aliphatic carbocycles. The second-order valence-corrected chi connectivity index (χ2v) is 6.14. The van der Waals surface area contributed by atoms with Gasteiger partial charge in [-0.2, -0.15) is 11.3 Å². The van der Waals surface area contributed by atoms with Gasteiger partial charge in [0.15, 0.2) is 0 Å². The van der Waals surface area contributed by atoms with Gasteiger partial charge in [-0.15, -0.1) is 0 Å². The first-order valence-electron chi connectivity index (χ1n) is 6.94. The molecule has 20 heavy (non-hydrogen) atoms. The highest BCUT2D eigenvalue weighted by molar-refractivity contribution is 7.07. The van der Waals surface area contributed by atoms with Crippen molar-refractivity contribution < 1.29 is 9.53 Å². The molecular formula is C14H23N3O2S. The number of hydrogen-bond acceptors (Lipinski definition) is 4. The number of nitrogens with zero attached hydrogens (tertiary/aromatic N) is 1. The Kier molecular flexibility index (Phi) is 5.82. The summed E-state index contributed by atoms with van der Waals surface area (Å²) in [5.41, 5.74) is 1.24. The largest absolute Gasteiger partial charge is 0.381 e. The normalized spacial score (nSPS) is 20.1. The van der Waals surface area contributed by atoms with Gasteiger partial charge in [-0.1, -0.05) is 0 Å². The Balaban J connectivity index is 1.73. The molecule has 0 bridgehead atoms. The van der Waals surface area contributed by atoms with E-state index < -0.39 is 0 Å². The molecule has 1 fully saturated rings. The molecule has 2 rings (SSSR count). The van der Waals surface area contributed by atoms with Crippen molar-refractivity contribution in [1.29, 1.82) is 0 Å². The number of rotatable bonds is 6. The number of thiophene rings is 1. The Morgan fingerprint density at radius 2 is 2.40 bits per heavy atom. The molecule has 112 valence electrons. The van der Waals surface area contributed by atoms with Crippen molar-refractivity contribution >= 4 is 17.4 Å². The van der Waals surface area contributed by atoms with Crippen molar-refractivity contribution in [2.24, 2.45) is 5.92 Å². The van der Waals surface area contributed by atoms with Crippen molar-refractivity contribution in [1.82, 2.24) is 15.5 Å². The van der Waals surface area contributed by atoms with E-state index in [4.69, 9.17) is 4.74 Å². The lowest BCUT2D eigenvalue weighted by atomic mass is 10.1. The summed E-state index contributed by atoms with van der Waals surface area (Å²) in [5.74, 6) is 0.460. The minimum absolute atomic E-state index is 0.0982. The van der Waals surface area contributed by atoms with Crippen LogP contribution in [0.2, 0.25) is 0 Å². The molecule has 1 aromatic rings. The van der Waals surface area contributed by atoms with E-state index in [1.165, 1.54) is 5.56 Å². The molecule has 6 heteroatoms. The maximum atomic E-state index is 11.8. The van der Waals surface area contributed by atoms with E-state index in [1.807, 2.05) is 14.1 Å². The van der Waals surface area contributed by atoms with Crippen molar-refractivity contribution in [3.05, 3.63) is 22.4 Å². The molecule has 2 amide bonds. The summed E-state index contributed by atoms with van der Waals surface area (Å²) in [6.45, 7) is 2.87. The highest BCUT2D eigenvalue weighted by Gasteiger charge is 2.18. The molecule has 0 radical (unpaired) electrons. The van der Waals surface area contributed by atoms with Crippen LogP contribution in [0.4, 0.5) is 4.79 Å². The monoisotopic (exact) mass is 297 g/mol. The van der Waals surface area contributed by atoms with Gasteiger partial charge in [0.1, 0.15) is 0 Å². The second-order valence-electron chi connectivity index (χ2n) is 5.36. The minimum Gasteiger partial charge on any atom is -0.381 e. The van der Waals surface area contributed by atoms with Gasteiger partial charge in [0.05, 0.1) is 12.6 Å². The third-order valence-electron chi connectivity index (χ3n) is 3.58. The quantitative estimate of drug-likeness (QED) is 0.840. The van der Waals surface area contributed by atoms with E-state index in [-0.39, 0.29) is 12.1 Å². The zero-order valence-corrected chi connectivity index (χ0v) is 12.9. The summed E-state index contributed by atoms with van der Waals surface area (Å²) >= 11 is 1.68. The lowest BCUT2D eigenvalue weighted by Gasteiger charge is -2.24. The van der Waals surface area contributed by atoms with E-state index in [0.717, 1.165) is 19.6 Å². The van der Waals surface area contributed by atoms with E-state index in [1.54, 1.807) is 11.3 Å². The number of carbonyl (C=O) groups is 1. The first-order chi connectivity index (χ1) is 9.66. The van der Waals surface area contributed by atoms with Gasteiger partial charge >= 0.3 is 6.03 Å². The molecule has 1 aliphatic rings. The fourth-order valence-electron chi connectivity index (χ4n) is 2.30. The Bertz CT molecular complexity index is 403. The maximum Gasteiger partial charge on any atom is 0.314 e. The Labute approximate surface area is 124 Å². The maximum absolute atomic E-state index is 11.8. The number of ether oxygens (including phenoxy) is 1. The zero-order valence-electron chi connectivity index (χ0n) is 12.1. The van der Waals surface area contributed by atoms with Crippen LogP contribution in [0.1, 0.15) is 18.0 Å². The molecule has 5 nitrogen and oxygen atoms in total. The average molecular weight is 297 g/mol. The second kappa shape index (κ2) is 7.61. The van der Waals surface area contributed by atoms with Gasteiger partial charge in [0.25, 0.3) is 0 Å². The lowest BCUT2D eigenvalue weighted by Crippen LogP contribution is -2.42. The highest BCUT2D eigenvalue weighted by atomic mass is 32.1. The molecule has 0 spiro atoms. The Morgan fingerprint density at radius 3 is 3.00 bits per heavy atom. The lowest BCUT2D eigenvalue weighted by molar-refractivity contribution is 0.185. The van der Waals surface area contributed by atoms with Crippen molar-refractivity contribution in [2.75, 3.05) is 40.4 Å². The highest BCUT2D eigenvalue weighted by Crippen LogP contribution is 2.19. The van der Waals surface area contributed by atoms with Gasteiger partial charge < -0.3 is 20.3 Å². The summed E-state index contributed by atoms with van der Waals surface area (Å²) in [7, 11) is 4.05. The van der Waals surface area contributed by atoms with E-state index in [2.05, 4.69) is 32.4 Å². The van der Waals surface area contributed by atoms with Crippen LogP contribution in [0.25, 0.3) is 0 Å². The van der Waals surface area contributed by atoms with Gasteiger partial charge in [0.2, 0.25) is 0 Å². The van der Waals surface area contributed by atoms with Gasteiger partial charge in [-0.3, -0.25) is 0 Å². The summed E-state index contributed by atoms with van der Waals surface area (Å²) in [6.07, 6.45) is 1.04. The third kappa shape index (κ3) is 4.47. The molecule has 1 aliphatic heterocycles. The average Bonchev–Trinajstić information content (AvgIpc) is 3.09. The fourth-order valence-corrected chi connectivity index (χ4v) is 3.00. The predicted molar refractivity (Wildman–Crippen MR) is 81.1 cm³/mol. The third-order valence-corrected chi connectivity index (χ3v) is 4.28. The molecule has 1 aromatic heterocycles. The Morgan fingerprint density at radius 1 is 1.55 bits per heavy atom. The standard InChI is InChI=1S/C14H23N3O2S/c1-17(2)13(12-4-6-20-10-12)8-16-14(18)15-7-11-3-5-19-9-11/h4,6,10-11,13H,3,5,7-9H2,1-2H3,(H2,15,16,18)/t11-,13-/m0/s1. The van der Waals surface area contributed by atoms with Gasteiger partial charge in [-0.05, 0) is 42.9 Å². The van der Waals surface area contributed by atoms with Gasteiger partial charge in [-0.25, -0.2) is 4.79 Å². The van der Waals surface area contributed by atoms with Gasteiger partial charge in [0, 0.05) is 25.6 Å². The van der Waals surface area contributed by atoms with Crippen LogP contribution in [0.5, 0.6) is 0 Å². The minimum atomic E-state index is -0.0982. The Hall–Kier alpha value is -1.11. The first kappa shape index (κ1) is 15.3. The smallest absolute Gasteiger partial charge is 0.314 e. The fraction of sp³-hybridized carbons (Fsp3) is 0.643. The summed E-state index contributed by atoms with van der Waals surface area (Å²) < 4.78 is 5.29. The van der Waals surface area contributed by atoms with Crippen molar-refractivity contribution in [3.63, 3.8) is 0 Å². The van der Waals surface area contributed by atoms with Crippen LogP contribution in [-0.4, -0.2) is 51.3 Å². The van der Waals surface area contributed by atoms with Crippen molar-refractivity contribution in [2.45, 2.75) is 12.5 Å². The van der Waals surface area contributed by atoms with Crippen LogP contribution in [0.3, 0.4) is 0 Å². The molecule has 1 saturated heterocycles. The van der Waals surface area contributed by atoms with E-state index in [0.29, 0.717) is 19.0 Å². The van der Waals surface area contributed by atoms with E-state index >= 15 is 0 Å². The molecule has 2 N–H and O–H groups in total. The number of hydrogen-bond donors (Lipinski definition) is 2. The molecule has 2 heterocycles. The number of likely N-dealkylation sites (N-methyl/N-ethyl adjacent to an activating group) is 1. The van der Waals surface area contributed by atoms with Crippen LogP contribution in [-0.2, 0) is 4.74 Å². The molecule has 0 aromatic carbocycles. The zero-order chi connectivity index (χ0) is 14.4.